The molecule has 2 amide bonds. The van der Waals surface area contributed by atoms with Crippen LogP contribution in [0, 0.1) is 19.3 Å². The van der Waals surface area contributed by atoms with Gasteiger partial charge in [0.1, 0.15) is 5.75 Å². The number of rotatable bonds is 3. The average Bonchev–Trinajstić information content (AvgIpc) is 2.59. The van der Waals surface area contributed by atoms with Gasteiger partial charge >= 0.3 is 0 Å². The molecule has 6 heteroatoms. The summed E-state index contributed by atoms with van der Waals surface area (Å²) in [5, 5.41) is 12.6. The molecule has 25 heavy (non-hydrogen) atoms. The van der Waals surface area contributed by atoms with Crippen LogP contribution in [0.1, 0.15) is 30.4 Å². The van der Waals surface area contributed by atoms with Crippen molar-refractivity contribution in [2.75, 3.05) is 26.2 Å². The number of carbonyl (C=O) groups is 2. The second kappa shape index (κ2) is 7.04. The van der Waals surface area contributed by atoms with E-state index < -0.39 is 11.5 Å². The van der Waals surface area contributed by atoms with Crippen molar-refractivity contribution in [2.24, 2.45) is 5.41 Å². The van der Waals surface area contributed by atoms with Crippen LogP contribution in [0.4, 0.5) is 0 Å². The molecule has 0 aromatic heterocycles. The van der Waals surface area contributed by atoms with Crippen LogP contribution in [-0.4, -0.2) is 54.2 Å². The zero-order valence-corrected chi connectivity index (χ0v) is 14.9. The number of amides is 2. The lowest BCUT2D eigenvalue weighted by atomic mass is 9.71. The highest BCUT2D eigenvalue weighted by molar-refractivity contribution is 5.84. The highest BCUT2D eigenvalue weighted by atomic mass is 16.5. The molecule has 1 spiro atoms. The standard InChI is InChI=1S/C19H26N2O4/c1-13-3-4-14(2)16(9-13)25-12-17(23)21-7-5-19(6-8-21)10-15(22)11-20-18(19)24/h3-4,9,15,22H,5-8,10-12H2,1-2H3,(H,20,24). The number of aliphatic hydroxyl groups excluding tert-OH is 1. The Labute approximate surface area is 148 Å². The first-order chi connectivity index (χ1) is 11.9. The predicted molar refractivity (Wildman–Crippen MR) is 93.3 cm³/mol. The van der Waals surface area contributed by atoms with E-state index in [1.54, 1.807) is 4.90 Å². The molecule has 2 saturated heterocycles. The van der Waals surface area contributed by atoms with Crippen LogP contribution in [-0.2, 0) is 9.59 Å². The number of ether oxygens (including phenoxy) is 1. The first-order valence-corrected chi connectivity index (χ1v) is 8.84. The van der Waals surface area contributed by atoms with Crippen LogP contribution in [0.5, 0.6) is 5.75 Å². The Kier molecular flexibility index (Phi) is 4.99. The Morgan fingerprint density at radius 3 is 2.80 bits per heavy atom. The minimum Gasteiger partial charge on any atom is -0.483 e. The van der Waals surface area contributed by atoms with E-state index in [9.17, 15) is 14.7 Å². The fourth-order valence-electron chi connectivity index (χ4n) is 3.72. The molecule has 2 N–H and O–H groups in total. The van der Waals surface area contributed by atoms with Crippen LogP contribution < -0.4 is 10.1 Å². The van der Waals surface area contributed by atoms with Crippen LogP contribution in [0.25, 0.3) is 0 Å². The number of nitrogens with zero attached hydrogens (tertiary/aromatic N) is 1. The smallest absolute Gasteiger partial charge is 0.260 e. The second-order valence-electron chi connectivity index (χ2n) is 7.29. The first-order valence-electron chi connectivity index (χ1n) is 8.84. The summed E-state index contributed by atoms with van der Waals surface area (Å²) >= 11 is 0. The van der Waals surface area contributed by atoms with E-state index in [0.29, 0.717) is 38.9 Å². The number of piperidine rings is 2. The molecule has 1 aromatic rings. The van der Waals surface area contributed by atoms with Crippen LogP contribution in [0.15, 0.2) is 18.2 Å². The number of β-amino-alcohol motifs (C(OH)–C–C–N with tert-alkyl or cyclic N) is 1. The first kappa shape index (κ1) is 17.7. The number of hydrogen-bond donors (Lipinski definition) is 2. The number of likely N-dealkylation sites (tertiary alicyclic amines) is 1. The second-order valence-corrected chi connectivity index (χ2v) is 7.29. The maximum absolute atomic E-state index is 12.4. The van der Waals surface area contributed by atoms with Gasteiger partial charge in [0, 0.05) is 19.6 Å². The minimum atomic E-state index is -0.525. The van der Waals surface area contributed by atoms with Gasteiger partial charge in [0.05, 0.1) is 11.5 Å². The molecule has 2 aliphatic heterocycles. The third kappa shape index (κ3) is 3.79. The summed E-state index contributed by atoms with van der Waals surface area (Å²) in [5.41, 5.74) is 1.57. The van der Waals surface area contributed by atoms with Gasteiger partial charge in [-0.05, 0) is 50.3 Å². The number of aliphatic hydroxyl groups is 1. The Bertz CT molecular complexity index is 665. The molecule has 0 radical (unpaired) electrons. The summed E-state index contributed by atoms with van der Waals surface area (Å²) in [6.45, 7) is 5.32. The molecule has 2 heterocycles. The Hall–Kier alpha value is -2.08. The SMILES string of the molecule is Cc1ccc(C)c(OCC(=O)N2CCC3(CC2)CC(O)CNC3=O)c1. The van der Waals surface area contributed by atoms with E-state index >= 15 is 0 Å². The third-order valence-electron chi connectivity index (χ3n) is 5.37. The van der Waals surface area contributed by atoms with Crippen LogP contribution in [0.2, 0.25) is 0 Å². The van der Waals surface area contributed by atoms with Crippen molar-refractivity contribution in [2.45, 2.75) is 39.2 Å². The number of hydrogen-bond acceptors (Lipinski definition) is 4. The summed E-state index contributed by atoms with van der Waals surface area (Å²) in [5.74, 6) is 0.681. The number of aryl methyl sites for hydroxylation is 2. The van der Waals surface area contributed by atoms with E-state index in [2.05, 4.69) is 5.32 Å². The Balaban J connectivity index is 1.55. The minimum absolute atomic E-state index is 0.00607. The summed E-state index contributed by atoms with van der Waals surface area (Å²) in [6, 6.07) is 5.92. The number of carbonyl (C=O) groups excluding carboxylic acids is 2. The van der Waals surface area contributed by atoms with Crippen molar-refractivity contribution in [1.82, 2.24) is 10.2 Å². The molecular formula is C19H26N2O4. The van der Waals surface area contributed by atoms with Gasteiger partial charge in [-0.1, -0.05) is 12.1 Å². The lowest BCUT2D eigenvalue weighted by molar-refractivity contribution is -0.146. The van der Waals surface area contributed by atoms with Crippen molar-refractivity contribution in [3.8, 4) is 5.75 Å². The van der Waals surface area contributed by atoms with Gasteiger partial charge < -0.3 is 20.1 Å². The molecule has 0 aliphatic carbocycles. The Morgan fingerprint density at radius 1 is 1.36 bits per heavy atom. The summed E-state index contributed by atoms with van der Waals surface area (Å²) in [6.07, 6.45) is 1.17. The van der Waals surface area contributed by atoms with Crippen molar-refractivity contribution in [3.05, 3.63) is 29.3 Å². The number of benzene rings is 1. The molecule has 136 valence electrons. The highest BCUT2D eigenvalue weighted by Crippen LogP contribution is 2.38. The topological polar surface area (TPSA) is 78.9 Å². The van der Waals surface area contributed by atoms with Gasteiger partial charge in [0.25, 0.3) is 5.91 Å². The molecule has 1 unspecified atom stereocenters. The zero-order chi connectivity index (χ0) is 18.0. The van der Waals surface area contributed by atoms with E-state index in [1.165, 1.54) is 0 Å². The maximum atomic E-state index is 12.4. The monoisotopic (exact) mass is 346 g/mol. The van der Waals surface area contributed by atoms with Crippen LogP contribution >= 0.6 is 0 Å². The van der Waals surface area contributed by atoms with Crippen molar-refractivity contribution in [3.63, 3.8) is 0 Å². The lowest BCUT2D eigenvalue weighted by Gasteiger charge is -2.44. The largest absolute Gasteiger partial charge is 0.483 e. The van der Waals surface area contributed by atoms with Gasteiger partial charge in [-0.25, -0.2) is 0 Å². The lowest BCUT2D eigenvalue weighted by Crippen LogP contribution is -2.56. The zero-order valence-electron chi connectivity index (χ0n) is 14.9. The molecule has 6 nitrogen and oxygen atoms in total. The molecule has 0 bridgehead atoms. The number of nitrogens with one attached hydrogen (secondary N) is 1. The molecule has 0 saturated carbocycles. The fourth-order valence-corrected chi connectivity index (χ4v) is 3.72. The molecule has 1 atom stereocenters. The quantitative estimate of drug-likeness (QED) is 0.861. The van der Waals surface area contributed by atoms with Gasteiger partial charge in [0.15, 0.2) is 6.61 Å². The van der Waals surface area contributed by atoms with Crippen molar-refractivity contribution in [1.29, 1.82) is 0 Å². The van der Waals surface area contributed by atoms with Gasteiger partial charge in [-0.15, -0.1) is 0 Å². The van der Waals surface area contributed by atoms with E-state index in [-0.39, 0.29) is 18.4 Å². The average molecular weight is 346 g/mol. The summed E-state index contributed by atoms with van der Waals surface area (Å²) in [7, 11) is 0. The van der Waals surface area contributed by atoms with E-state index in [1.807, 2.05) is 32.0 Å². The molecular weight excluding hydrogens is 320 g/mol. The van der Waals surface area contributed by atoms with Crippen LogP contribution in [0.3, 0.4) is 0 Å². The molecule has 2 fully saturated rings. The molecule has 2 aliphatic rings. The highest BCUT2D eigenvalue weighted by Gasteiger charge is 2.45. The van der Waals surface area contributed by atoms with E-state index in [4.69, 9.17) is 4.74 Å². The summed E-state index contributed by atoms with van der Waals surface area (Å²) in [4.78, 5) is 26.4. The van der Waals surface area contributed by atoms with Gasteiger partial charge in [-0.3, -0.25) is 9.59 Å². The van der Waals surface area contributed by atoms with Gasteiger partial charge in [-0.2, -0.15) is 0 Å². The fraction of sp³-hybridized carbons (Fsp3) is 0.579. The predicted octanol–water partition coefficient (Wildman–Crippen LogP) is 1.17. The van der Waals surface area contributed by atoms with Crippen molar-refractivity contribution >= 4 is 11.8 Å². The van der Waals surface area contributed by atoms with E-state index in [0.717, 1.165) is 16.9 Å². The van der Waals surface area contributed by atoms with Crippen molar-refractivity contribution < 1.29 is 19.4 Å². The van der Waals surface area contributed by atoms with Gasteiger partial charge in [0.2, 0.25) is 5.91 Å². The maximum Gasteiger partial charge on any atom is 0.260 e. The molecule has 3 rings (SSSR count). The normalized spacial score (nSPS) is 22.6. The Morgan fingerprint density at radius 2 is 2.08 bits per heavy atom. The third-order valence-corrected chi connectivity index (χ3v) is 5.37. The summed E-state index contributed by atoms with van der Waals surface area (Å²) < 4.78 is 5.70. The molecule has 1 aromatic carbocycles.